The van der Waals surface area contributed by atoms with Crippen LogP contribution in [0.5, 0.6) is 0 Å². The molecule has 2 N–H and O–H groups in total. The Hall–Kier alpha value is -0.880. The Morgan fingerprint density at radius 2 is 2.11 bits per heavy atom. The van der Waals surface area contributed by atoms with E-state index < -0.39 is 11.5 Å². The largest absolute Gasteiger partial charge is 0.481 e. The monoisotopic (exact) mass is 333 g/mol. The number of hydrogen-bond acceptors (Lipinski definition) is 3. The van der Waals surface area contributed by atoms with E-state index in [2.05, 4.69) is 21.2 Å². The highest BCUT2D eigenvalue weighted by molar-refractivity contribution is 9.11. The van der Waals surface area contributed by atoms with Crippen LogP contribution in [0.4, 0.5) is 0 Å². The quantitative estimate of drug-likeness (QED) is 0.869. The van der Waals surface area contributed by atoms with Crippen LogP contribution in [0.3, 0.4) is 0 Å². The van der Waals surface area contributed by atoms with Crippen molar-refractivity contribution in [1.29, 1.82) is 0 Å². The second-order valence-electron chi connectivity index (χ2n) is 4.78. The van der Waals surface area contributed by atoms with Crippen LogP contribution in [-0.2, 0) is 4.79 Å². The highest BCUT2D eigenvalue weighted by atomic mass is 79.9. The van der Waals surface area contributed by atoms with E-state index in [-0.39, 0.29) is 12.3 Å². The molecular weight excluding hydrogens is 318 g/mol. The fourth-order valence-electron chi connectivity index (χ4n) is 1.50. The smallest absolute Gasteiger partial charge is 0.303 e. The van der Waals surface area contributed by atoms with Gasteiger partial charge in [-0.25, -0.2) is 0 Å². The minimum atomic E-state index is -0.857. The Morgan fingerprint density at radius 3 is 2.56 bits per heavy atom. The van der Waals surface area contributed by atoms with E-state index in [0.717, 1.165) is 8.66 Å². The van der Waals surface area contributed by atoms with Gasteiger partial charge in [-0.05, 0) is 49.2 Å². The zero-order chi connectivity index (χ0) is 13.9. The molecule has 0 aliphatic heterocycles. The van der Waals surface area contributed by atoms with E-state index in [0.29, 0.717) is 12.0 Å². The van der Waals surface area contributed by atoms with Crippen LogP contribution in [0.25, 0.3) is 0 Å². The van der Waals surface area contributed by atoms with Crippen molar-refractivity contribution in [3.8, 4) is 0 Å². The van der Waals surface area contributed by atoms with Crippen LogP contribution in [0, 0.1) is 6.92 Å². The molecular formula is C12H16BrNO3S. The van der Waals surface area contributed by atoms with E-state index in [4.69, 9.17) is 5.11 Å². The third-order valence-electron chi connectivity index (χ3n) is 2.47. The van der Waals surface area contributed by atoms with Crippen molar-refractivity contribution in [3.63, 3.8) is 0 Å². The van der Waals surface area contributed by atoms with E-state index >= 15 is 0 Å². The summed E-state index contributed by atoms with van der Waals surface area (Å²) in [6.45, 7) is 5.57. The van der Waals surface area contributed by atoms with Crippen molar-refractivity contribution in [2.24, 2.45) is 0 Å². The molecule has 0 saturated carbocycles. The van der Waals surface area contributed by atoms with E-state index in [9.17, 15) is 9.59 Å². The predicted octanol–water partition coefficient (Wildman–Crippen LogP) is 3.19. The van der Waals surface area contributed by atoms with Gasteiger partial charge in [0.05, 0.1) is 9.35 Å². The van der Waals surface area contributed by atoms with Crippen molar-refractivity contribution in [2.45, 2.75) is 39.2 Å². The average Bonchev–Trinajstić information content (AvgIpc) is 2.54. The summed E-state index contributed by atoms with van der Waals surface area (Å²) in [6, 6.07) is 1.82. The Morgan fingerprint density at radius 1 is 1.50 bits per heavy atom. The van der Waals surface area contributed by atoms with Crippen molar-refractivity contribution < 1.29 is 14.7 Å². The third kappa shape index (κ3) is 4.42. The van der Waals surface area contributed by atoms with E-state index in [1.807, 2.05) is 26.8 Å². The van der Waals surface area contributed by atoms with Gasteiger partial charge in [0.25, 0.3) is 5.91 Å². The van der Waals surface area contributed by atoms with Crippen LogP contribution in [-0.4, -0.2) is 22.5 Å². The molecule has 0 aromatic carbocycles. The summed E-state index contributed by atoms with van der Waals surface area (Å²) in [6.07, 6.45) is 0.436. The van der Waals surface area contributed by atoms with Crippen molar-refractivity contribution in [3.05, 3.63) is 20.3 Å². The lowest BCUT2D eigenvalue weighted by Crippen LogP contribution is -2.43. The summed E-state index contributed by atoms with van der Waals surface area (Å²) >= 11 is 4.85. The van der Waals surface area contributed by atoms with Crippen LogP contribution in [0.15, 0.2) is 9.85 Å². The lowest BCUT2D eigenvalue weighted by atomic mass is 9.98. The van der Waals surface area contributed by atoms with Gasteiger partial charge in [0.1, 0.15) is 0 Å². The topological polar surface area (TPSA) is 66.4 Å². The normalized spacial score (nSPS) is 11.3. The standard InChI is InChI=1S/C12H16BrNO3S/c1-7-6-8(10(13)18-7)11(17)14-12(2,3)5-4-9(15)16/h6H,4-5H2,1-3H3,(H,14,17)(H,15,16). The highest BCUT2D eigenvalue weighted by Crippen LogP contribution is 2.28. The molecule has 1 rings (SSSR count). The maximum Gasteiger partial charge on any atom is 0.303 e. The zero-order valence-electron chi connectivity index (χ0n) is 10.5. The van der Waals surface area contributed by atoms with Gasteiger partial charge in [-0.1, -0.05) is 0 Å². The van der Waals surface area contributed by atoms with Crippen LogP contribution < -0.4 is 5.32 Å². The molecule has 1 aromatic rings. The fourth-order valence-corrected chi connectivity index (χ4v) is 3.28. The van der Waals surface area contributed by atoms with Gasteiger partial charge in [-0.3, -0.25) is 9.59 Å². The predicted molar refractivity (Wildman–Crippen MR) is 75.2 cm³/mol. The van der Waals surface area contributed by atoms with Crippen molar-refractivity contribution in [2.75, 3.05) is 0 Å². The molecule has 4 nitrogen and oxygen atoms in total. The number of halogens is 1. The first kappa shape index (κ1) is 15.2. The minimum Gasteiger partial charge on any atom is -0.481 e. The molecule has 100 valence electrons. The second kappa shape index (κ2) is 5.84. The zero-order valence-corrected chi connectivity index (χ0v) is 12.9. The number of hydrogen-bond donors (Lipinski definition) is 2. The highest BCUT2D eigenvalue weighted by Gasteiger charge is 2.23. The van der Waals surface area contributed by atoms with Gasteiger partial charge in [-0.15, -0.1) is 11.3 Å². The van der Waals surface area contributed by atoms with Gasteiger partial charge in [0.15, 0.2) is 0 Å². The molecule has 1 heterocycles. The number of nitrogens with one attached hydrogen (secondary N) is 1. The molecule has 1 aromatic heterocycles. The molecule has 0 atom stereocenters. The van der Waals surface area contributed by atoms with Crippen LogP contribution >= 0.6 is 27.3 Å². The lowest BCUT2D eigenvalue weighted by molar-refractivity contribution is -0.137. The number of carboxylic acid groups (broad SMARTS) is 1. The summed E-state index contributed by atoms with van der Waals surface area (Å²) in [7, 11) is 0. The number of amides is 1. The fraction of sp³-hybridized carbons (Fsp3) is 0.500. The molecule has 18 heavy (non-hydrogen) atoms. The summed E-state index contributed by atoms with van der Waals surface area (Å²) < 4.78 is 0.798. The minimum absolute atomic E-state index is 0.0388. The Bertz CT molecular complexity index is 468. The van der Waals surface area contributed by atoms with Gasteiger partial charge < -0.3 is 10.4 Å². The first-order chi connectivity index (χ1) is 8.21. The molecule has 6 heteroatoms. The van der Waals surface area contributed by atoms with Crippen molar-refractivity contribution >= 4 is 39.1 Å². The molecule has 0 aliphatic carbocycles. The molecule has 0 fully saturated rings. The molecule has 0 bridgehead atoms. The molecule has 0 saturated heterocycles. The lowest BCUT2D eigenvalue weighted by Gasteiger charge is -2.25. The van der Waals surface area contributed by atoms with Gasteiger partial charge in [0, 0.05) is 16.8 Å². The SMILES string of the molecule is Cc1cc(C(=O)NC(C)(C)CCC(=O)O)c(Br)s1. The molecule has 1 amide bonds. The maximum absolute atomic E-state index is 12.1. The van der Waals surface area contributed by atoms with Gasteiger partial charge in [-0.2, -0.15) is 0 Å². The van der Waals surface area contributed by atoms with Crippen LogP contribution in [0.1, 0.15) is 41.9 Å². The first-order valence-corrected chi connectivity index (χ1v) is 7.12. The van der Waals surface area contributed by atoms with E-state index in [1.165, 1.54) is 11.3 Å². The van der Waals surface area contributed by atoms with Crippen LogP contribution in [0.2, 0.25) is 0 Å². The van der Waals surface area contributed by atoms with Crippen molar-refractivity contribution in [1.82, 2.24) is 5.32 Å². The molecule has 0 radical (unpaired) electrons. The van der Waals surface area contributed by atoms with E-state index in [1.54, 1.807) is 0 Å². The Balaban J connectivity index is 2.69. The number of carboxylic acids is 1. The number of carbonyl (C=O) groups excluding carboxylic acids is 1. The Kier molecular flexibility index (Phi) is 4.92. The number of aryl methyl sites for hydroxylation is 1. The summed E-state index contributed by atoms with van der Waals surface area (Å²) in [5.74, 6) is -1.04. The molecule has 0 aliphatic rings. The average molecular weight is 334 g/mol. The van der Waals surface area contributed by atoms with Gasteiger partial charge >= 0.3 is 5.97 Å². The molecule has 0 unspecified atom stereocenters. The number of carbonyl (C=O) groups is 2. The van der Waals surface area contributed by atoms with Gasteiger partial charge in [0.2, 0.25) is 0 Å². The number of aliphatic carboxylic acids is 1. The Labute approximate surface area is 119 Å². The number of thiophene rings is 1. The summed E-state index contributed by atoms with van der Waals surface area (Å²) in [5.41, 5.74) is 0.0611. The molecule has 0 spiro atoms. The first-order valence-electron chi connectivity index (χ1n) is 5.51. The summed E-state index contributed by atoms with van der Waals surface area (Å²) in [5, 5.41) is 11.5. The maximum atomic E-state index is 12.1. The summed E-state index contributed by atoms with van der Waals surface area (Å²) in [4.78, 5) is 23.6. The third-order valence-corrected chi connectivity index (χ3v) is 4.22. The second-order valence-corrected chi connectivity index (χ2v) is 7.35. The number of rotatable bonds is 5.